The van der Waals surface area contributed by atoms with E-state index in [1.165, 1.54) is 6.08 Å². The van der Waals surface area contributed by atoms with Crippen LogP contribution >= 0.6 is 0 Å². The number of aliphatic hydroxyl groups excluding tert-OH is 1. The fraction of sp³-hybridized carbons (Fsp3) is 0.167. The predicted octanol–water partition coefficient (Wildman–Crippen LogP) is 0.490. The SMILES string of the molecule is C=C(O)/C(=C\C)C(N)=O. The Labute approximate surface area is 53.5 Å². The molecule has 0 radical (unpaired) electrons. The smallest absolute Gasteiger partial charge is 0.252 e. The molecular formula is C6H9NO2. The van der Waals surface area contributed by atoms with E-state index < -0.39 is 5.91 Å². The van der Waals surface area contributed by atoms with E-state index in [4.69, 9.17) is 10.8 Å². The minimum Gasteiger partial charge on any atom is -0.508 e. The molecule has 0 aromatic heterocycles. The molecule has 0 bridgehead atoms. The van der Waals surface area contributed by atoms with E-state index in [-0.39, 0.29) is 11.3 Å². The third-order valence-corrected chi connectivity index (χ3v) is 0.865. The lowest BCUT2D eigenvalue weighted by Gasteiger charge is -1.96. The van der Waals surface area contributed by atoms with Crippen molar-refractivity contribution in [2.45, 2.75) is 6.92 Å². The molecule has 0 saturated heterocycles. The Morgan fingerprint density at radius 1 is 1.78 bits per heavy atom. The van der Waals surface area contributed by atoms with E-state index in [1.807, 2.05) is 0 Å². The van der Waals surface area contributed by atoms with Crippen LogP contribution in [0.15, 0.2) is 24.0 Å². The van der Waals surface area contributed by atoms with Crippen LogP contribution in [0.5, 0.6) is 0 Å². The fourth-order valence-corrected chi connectivity index (χ4v) is 0.451. The van der Waals surface area contributed by atoms with E-state index >= 15 is 0 Å². The number of carbonyl (C=O) groups excluding carboxylic acids is 1. The number of nitrogens with two attached hydrogens (primary N) is 1. The van der Waals surface area contributed by atoms with Crippen molar-refractivity contribution in [2.24, 2.45) is 5.73 Å². The van der Waals surface area contributed by atoms with E-state index in [9.17, 15) is 4.79 Å². The summed E-state index contributed by atoms with van der Waals surface area (Å²) in [5.41, 5.74) is 4.88. The fourth-order valence-electron chi connectivity index (χ4n) is 0.451. The third-order valence-electron chi connectivity index (χ3n) is 0.865. The molecule has 3 nitrogen and oxygen atoms in total. The summed E-state index contributed by atoms with van der Waals surface area (Å²) < 4.78 is 0. The molecule has 0 aliphatic rings. The summed E-state index contributed by atoms with van der Waals surface area (Å²) in [5.74, 6) is -0.949. The Morgan fingerprint density at radius 3 is 2.22 bits per heavy atom. The van der Waals surface area contributed by atoms with E-state index in [0.717, 1.165) is 0 Å². The third kappa shape index (κ3) is 1.99. The summed E-state index contributed by atoms with van der Waals surface area (Å²) in [4.78, 5) is 10.3. The molecule has 0 spiro atoms. The van der Waals surface area contributed by atoms with Gasteiger partial charge in [0.05, 0.1) is 5.57 Å². The van der Waals surface area contributed by atoms with Gasteiger partial charge in [-0.1, -0.05) is 12.7 Å². The van der Waals surface area contributed by atoms with Crippen molar-refractivity contribution in [3.8, 4) is 0 Å². The second kappa shape index (κ2) is 2.91. The number of amides is 1. The minimum atomic E-state index is -0.662. The van der Waals surface area contributed by atoms with Gasteiger partial charge < -0.3 is 10.8 Å². The zero-order chi connectivity index (χ0) is 7.44. The zero-order valence-corrected chi connectivity index (χ0v) is 5.22. The molecule has 0 rings (SSSR count). The predicted molar refractivity (Wildman–Crippen MR) is 34.7 cm³/mol. The molecule has 0 fully saturated rings. The first kappa shape index (κ1) is 7.75. The van der Waals surface area contributed by atoms with E-state index in [1.54, 1.807) is 6.92 Å². The van der Waals surface area contributed by atoms with Crippen LogP contribution in [-0.4, -0.2) is 11.0 Å². The first-order valence-electron chi connectivity index (χ1n) is 2.44. The zero-order valence-electron chi connectivity index (χ0n) is 5.22. The Bertz CT molecular complexity index is 154. The Morgan fingerprint density at radius 2 is 2.22 bits per heavy atom. The second-order valence-corrected chi connectivity index (χ2v) is 1.51. The van der Waals surface area contributed by atoms with Gasteiger partial charge in [-0.05, 0) is 6.92 Å². The summed E-state index contributed by atoms with van der Waals surface area (Å²) in [5, 5.41) is 8.62. The van der Waals surface area contributed by atoms with Gasteiger partial charge in [0.2, 0.25) is 0 Å². The maximum atomic E-state index is 10.3. The van der Waals surface area contributed by atoms with Crippen molar-refractivity contribution in [1.82, 2.24) is 0 Å². The van der Waals surface area contributed by atoms with Crippen LogP contribution in [-0.2, 0) is 4.79 Å². The van der Waals surface area contributed by atoms with Crippen LogP contribution in [0.4, 0.5) is 0 Å². The highest BCUT2D eigenvalue weighted by Gasteiger charge is 2.04. The monoisotopic (exact) mass is 127 g/mol. The summed E-state index contributed by atoms with van der Waals surface area (Å²) in [6.07, 6.45) is 1.41. The summed E-state index contributed by atoms with van der Waals surface area (Å²) in [6.45, 7) is 4.73. The van der Waals surface area contributed by atoms with Gasteiger partial charge in [0.1, 0.15) is 5.76 Å². The van der Waals surface area contributed by atoms with Crippen molar-refractivity contribution in [1.29, 1.82) is 0 Å². The second-order valence-electron chi connectivity index (χ2n) is 1.51. The van der Waals surface area contributed by atoms with Gasteiger partial charge >= 0.3 is 0 Å². The van der Waals surface area contributed by atoms with Gasteiger partial charge in [-0.15, -0.1) is 0 Å². The molecule has 0 heterocycles. The Hall–Kier alpha value is -1.25. The summed E-state index contributed by atoms with van der Waals surface area (Å²) in [6, 6.07) is 0. The number of hydrogen-bond acceptors (Lipinski definition) is 2. The lowest BCUT2D eigenvalue weighted by molar-refractivity contribution is -0.114. The first-order valence-corrected chi connectivity index (χ1v) is 2.44. The van der Waals surface area contributed by atoms with Crippen LogP contribution in [0.25, 0.3) is 0 Å². The molecule has 0 aliphatic carbocycles. The molecule has 0 aromatic carbocycles. The van der Waals surface area contributed by atoms with Gasteiger partial charge in [-0.2, -0.15) is 0 Å². The van der Waals surface area contributed by atoms with Crippen molar-refractivity contribution < 1.29 is 9.90 Å². The van der Waals surface area contributed by atoms with Crippen LogP contribution in [0.3, 0.4) is 0 Å². The molecule has 0 saturated carbocycles. The average molecular weight is 127 g/mol. The van der Waals surface area contributed by atoms with Gasteiger partial charge in [0, 0.05) is 0 Å². The molecule has 3 heteroatoms. The van der Waals surface area contributed by atoms with Gasteiger partial charge in [0.15, 0.2) is 0 Å². The van der Waals surface area contributed by atoms with Gasteiger partial charge in [0.25, 0.3) is 5.91 Å². The van der Waals surface area contributed by atoms with Crippen LogP contribution in [0.1, 0.15) is 6.92 Å². The Balaban J connectivity index is 4.38. The van der Waals surface area contributed by atoms with Crippen LogP contribution in [0, 0.1) is 0 Å². The molecule has 0 unspecified atom stereocenters. The number of carbonyl (C=O) groups is 1. The molecule has 0 atom stereocenters. The number of allylic oxidation sites excluding steroid dienone is 1. The number of aliphatic hydroxyl groups is 1. The minimum absolute atomic E-state index is 0.0648. The normalized spacial score (nSPS) is 11.0. The Kier molecular flexibility index (Phi) is 2.51. The average Bonchev–Trinajstić information content (AvgIpc) is 1.64. The first-order chi connectivity index (χ1) is 4.09. The number of hydrogen-bond donors (Lipinski definition) is 2. The van der Waals surface area contributed by atoms with Gasteiger partial charge in [-0.25, -0.2) is 0 Å². The van der Waals surface area contributed by atoms with Crippen molar-refractivity contribution in [3.63, 3.8) is 0 Å². The van der Waals surface area contributed by atoms with Gasteiger partial charge in [-0.3, -0.25) is 4.79 Å². The van der Waals surface area contributed by atoms with Crippen LogP contribution in [0.2, 0.25) is 0 Å². The molecular weight excluding hydrogens is 118 g/mol. The number of primary amides is 1. The maximum absolute atomic E-state index is 10.3. The summed E-state index contributed by atoms with van der Waals surface area (Å²) in [7, 11) is 0. The van der Waals surface area contributed by atoms with Crippen molar-refractivity contribution >= 4 is 5.91 Å². The largest absolute Gasteiger partial charge is 0.508 e. The molecule has 3 N–H and O–H groups in total. The standard InChI is InChI=1S/C6H9NO2/c1-3-5(4(2)8)6(7)9/h3,8H,2H2,1H3,(H2,7,9)/b5-3+. The highest BCUT2D eigenvalue weighted by Crippen LogP contribution is 2.00. The van der Waals surface area contributed by atoms with Crippen molar-refractivity contribution in [2.75, 3.05) is 0 Å². The summed E-state index contributed by atoms with van der Waals surface area (Å²) >= 11 is 0. The molecule has 9 heavy (non-hydrogen) atoms. The molecule has 0 aromatic rings. The molecule has 1 amide bonds. The topological polar surface area (TPSA) is 63.3 Å². The lowest BCUT2D eigenvalue weighted by atomic mass is 10.2. The lowest BCUT2D eigenvalue weighted by Crippen LogP contribution is -2.14. The molecule has 0 aliphatic heterocycles. The van der Waals surface area contributed by atoms with Crippen LogP contribution < -0.4 is 5.73 Å². The molecule has 50 valence electrons. The number of rotatable bonds is 2. The van der Waals surface area contributed by atoms with E-state index in [0.29, 0.717) is 0 Å². The van der Waals surface area contributed by atoms with Crippen molar-refractivity contribution in [3.05, 3.63) is 24.0 Å². The highest BCUT2D eigenvalue weighted by molar-refractivity contribution is 5.95. The highest BCUT2D eigenvalue weighted by atomic mass is 16.3. The maximum Gasteiger partial charge on any atom is 0.252 e. The van der Waals surface area contributed by atoms with E-state index in [2.05, 4.69) is 6.58 Å². The quantitative estimate of drug-likeness (QED) is 0.322.